The van der Waals surface area contributed by atoms with Gasteiger partial charge in [-0.15, -0.1) is 0 Å². The van der Waals surface area contributed by atoms with Crippen LogP contribution in [0.5, 0.6) is 11.5 Å². The molecule has 26 rings (SSSR count). The van der Waals surface area contributed by atoms with E-state index < -0.39 is 82.1 Å². The predicted octanol–water partition coefficient (Wildman–Crippen LogP) is 36.6. The second-order valence-electron chi connectivity index (χ2n) is 44.0. The third kappa shape index (κ3) is 15.6. The van der Waals surface area contributed by atoms with Crippen LogP contribution in [0.2, 0.25) is 0 Å². The van der Waals surface area contributed by atoms with Crippen LogP contribution in [0.15, 0.2) is 479 Å². The van der Waals surface area contributed by atoms with Crippen LogP contribution in [0.1, 0.15) is 147 Å². The molecule has 0 saturated carbocycles. The first-order valence-corrected chi connectivity index (χ1v) is 51.5. The smallest absolute Gasteiger partial charge is 0.252 e. The molecule has 0 saturated heterocycles. The maximum absolute atomic E-state index is 10.7. The summed E-state index contributed by atoms with van der Waals surface area (Å²) in [4.78, 5) is 4.89. The van der Waals surface area contributed by atoms with E-state index in [0.717, 1.165) is 156 Å². The third-order valence-corrected chi connectivity index (χ3v) is 30.5. The van der Waals surface area contributed by atoms with Gasteiger partial charge in [-0.3, -0.25) is 0 Å². The van der Waals surface area contributed by atoms with Gasteiger partial charge in [-0.25, -0.2) is 0 Å². The minimum Gasteiger partial charge on any atom is -0.457 e. The van der Waals surface area contributed by atoms with E-state index >= 15 is 0 Å². The molecule has 23 aromatic rings. The number of fused-ring (bicyclic) bond motifs is 12. The van der Waals surface area contributed by atoms with Crippen LogP contribution in [-0.4, -0.2) is 15.8 Å². The molecule has 5 heterocycles. The van der Waals surface area contributed by atoms with Gasteiger partial charge in [0, 0.05) is 89.0 Å². The van der Waals surface area contributed by atoms with Crippen LogP contribution >= 0.6 is 0 Å². The molecular weight excluding hydrogens is 1800 g/mol. The van der Waals surface area contributed by atoms with E-state index in [-0.39, 0.29) is 91.0 Å². The molecule has 0 bridgehead atoms. The molecule has 0 amide bonds. The number of nitrogens with zero attached hydrogens (tertiary/aromatic N) is 4. The molecule has 3 aliphatic heterocycles. The lowest BCUT2D eigenvalue weighted by molar-refractivity contribution is 0.434. The van der Waals surface area contributed by atoms with Crippen molar-refractivity contribution in [3.05, 3.63) is 523 Å². The highest BCUT2D eigenvalue weighted by Crippen LogP contribution is 2.61. The summed E-state index contributed by atoms with van der Waals surface area (Å²) in [6.07, 6.45) is 0. The first-order valence-electron chi connectivity index (χ1n) is 58.5. The molecular formula is C143H115BN4O. The van der Waals surface area contributed by atoms with Gasteiger partial charge in [0.25, 0.3) is 6.71 Å². The Morgan fingerprint density at radius 1 is 0.242 bits per heavy atom. The monoisotopic (exact) mass is 1930 g/mol. The topological polar surface area (TPSA) is 25.6 Å². The quantitative estimate of drug-likeness (QED) is 0.0957. The first-order chi connectivity index (χ1) is 78.3. The summed E-state index contributed by atoms with van der Waals surface area (Å²) in [5.41, 5.74) is 25.1. The Kier molecular flexibility index (Phi) is 18.4. The lowest BCUT2D eigenvalue weighted by Crippen LogP contribution is -2.61. The van der Waals surface area contributed by atoms with Crippen LogP contribution < -0.4 is 30.9 Å². The van der Waals surface area contributed by atoms with Crippen molar-refractivity contribution in [1.29, 1.82) is 0 Å². The first kappa shape index (κ1) is 77.2. The summed E-state index contributed by atoms with van der Waals surface area (Å²) in [6.45, 7) is 24.0. The predicted molar refractivity (Wildman–Crippen MR) is 631 cm³/mol. The van der Waals surface area contributed by atoms with Gasteiger partial charge >= 0.3 is 0 Å². The van der Waals surface area contributed by atoms with Gasteiger partial charge in [-0.05, 0) is 289 Å². The van der Waals surface area contributed by atoms with E-state index in [1.54, 1.807) is 9.13 Å². The van der Waals surface area contributed by atoms with E-state index in [1.807, 2.05) is 90.1 Å². The number of aromatic nitrogens is 2. The SMILES string of the molecule is [2H]c1c([2H])c([2H])c2c(c1[2H])c1c([2H])c(C(C)(C)C)c([2H])c([2H])c1n2-c1ccc2c(c1)N(c1c(-c3cccc(-c4ccccc4)c3)cc(C(C)(C)C)cc1-c1cccc(-c3ccccc3)c1)c1cc(-c3ccc4c(c3)C(c3ccccc3)(c3ccccc3)c3ccccc3O4)cc3c1B2c1ccc(-n2c4c([2H])c([2H])c([2H])c([2H])c4c4c([2H])c(C(C)(C)C)c([2H])c([2H])c42)cc1N3c1c(-c2cccc(-c3ccccc3)c2)cc(C(C)(C)C)cc1-c1cccc(-c2ccccc2)c1. The van der Waals surface area contributed by atoms with Crippen LogP contribution in [0.25, 0.3) is 155 Å². The highest BCUT2D eigenvalue weighted by Gasteiger charge is 2.49. The second-order valence-corrected chi connectivity index (χ2v) is 44.0. The van der Waals surface area contributed by atoms with Crippen molar-refractivity contribution in [3.8, 4) is 123 Å². The van der Waals surface area contributed by atoms with Gasteiger partial charge in [0.05, 0.1) is 58.0 Å². The van der Waals surface area contributed by atoms with Gasteiger partial charge in [0.15, 0.2) is 0 Å². The molecule has 0 fully saturated rings. The van der Waals surface area contributed by atoms with Crippen LogP contribution in [0, 0.1) is 0 Å². The lowest BCUT2D eigenvalue weighted by Gasteiger charge is -2.46. The fourth-order valence-corrected chi connectivity index (χ4v) is 23.1. The maximum Gasteiger partial charge on any atom is 0.252 e. The van der Waals surface area contributed by atoms with Gasteiger partial charge in [0.2, 0.25) is 0 Å². The number of rotatable bonds is 15. The largest absolute Gasteiger partial charge is 0.457 e. The standard InChI is InChI=1S/C143H115BN4O/c1-139(2,3)108-68-74-128-120(84-108)114-61-31-34-64-126(114)145(128)112-70-72-124-130(90-112)147(137-116(101-53-37-49-96(77-101)92-41-19-13-20-42-92)86-110(141(7,8)9)87-117(137)102-54-38-50-97(78-102)93-43-21-14-22-44-93)132-82-105(100-67-76-135-123(81-100)143(106-57-27-17-28-58-106,107-59-29-18-30-60-107)122-63-33-36-66-134(122)149-135)83-133-136(132)144(124)125-73-71-113(146-127-65-35-32-62-115(127)121-85-109(140(4,5)6)69-75-129(121)146)91-131(125)148(133)138-118(103-55-39-51-98(79-103)94-45-23-15-24-46-94)88-111(142(10,11)12)89-119(138)104-56-40-52-99(80-104)95-47-25-16-26-48-95/h13-91H,1-12H3/i31D,32D,34D,35D,61D,62D,64D,65D,68D,69D,74D,75D,84D,85D. The minimum absolute atomic E-state index is 0.00235. The normalized spacial score (nSPS) is 14.5. The summed E-state index contributed by atoms with van der Waals surface area (Å²) in [7, 11) is 0. The Balaban J connectivity index is 0.911. The van der Waals surface area contributed by atoms with Crippen molar-refractivity contribution in [3.63, 3.8) is 0 Å². The molecule has 0 aliphatic carbocycles. The molecule has 6 heteroatoms. The Morgan fingerprint density at radius 3 is 0.940 bits per heavy atom. The molecule has 2 aromatic heterocycles. The van der Waals surface area contributed by atoms with Crippen molar-refractivity contribution in [2.75, 3.05) is 9.80 Å². The van der Waals surface area contributed by atoms with E-state index in [2.05, 4.69) is 397 Å². The zero-order chi connectivity index (χ0) is 113. The van der Waals surface area contributed by atoms with Crippen molar-refractivity contribution >= 4 is 101 Å². The third-order valence-electron chi connectivity index (χ3n) is 30.5. The average Bonchev–Trinajstić information content (AvgIpc) is 1.25. The molecule has 149 heavy (non-hydrogen) atoms. The zero-order valence-electron chi connectivity index (χ0n) is 99.3. The Bertz CT molecular complexity index is 9470. The highest BCUT2D eigenvalue weighted by molar-refractivity contribution is 7.00. The number of ether oxygens (including phenoxy) is 1. The van der Waals surface area contributed by atoms with Gasteiger partial charge in [0.1, 0.15) is 11.5 Å². The van der Waals surface area contributed by atoms with Crippen molar-refractivity contribution in [2.24, 2.45) is 0 Å². The molecule has 0 atom stereocenters. The van der Waals surface area contributed by atoms with Crippen molar-refractivity contribution in [2.45, 2.75) is 110 Å². The number of hydrogen-bond donors (Lipinski definition) is 0. The molecule has 0 N–H and O–H groups in total. The number of anilines is 6. The Morgan fingerprint density at radius 2 is 0.564 bits per heavy atom. The summed E-state index contributed by atoms with van der Waals surface area (Å²) in [6, 6.07) is 134. The zero-order valence-corrected chi connectivity index (χ0v) is 85.3. The molecule has 21 aromatic carbocycles. The minimum atomic E-state index is -1.07. The van der Waals surface area contributed by atoms with Crippen molar-refractivity contribution in [1.82, 2.24) is 9.13 Å². The molecule has 0 unspecified atom stereocenters. The summed E-state index contributed by atoms with van der Waals surface area (Å²) >= 11 is 0. The van der Waals surface area contributed by atoms with E-state index in [1.165, 1.54) is 0 Å². The summed E-state index contributed by atoms with van der Waals surface area (Å²) in [5.74, 6) is 1.31. The lowest BCUT2D eigenvalue weighted by atomic mass is 9.33. The molecule has 0 radical (unpaired) electrons. The van der Waals surface area contributed by atoms with Gasteiger partial charge in [-0.1, -0.05) is 423 Å². The van der Waals surface area contributed by atoms with E-state index in [4.69, 9.17) is 4.74 Å². The van der Waals surface area contributed by atoms with Crippen LogP contribution in [-0.2, 0) is 27.1 Å². The van der Waals surface area contributed by atoms with Gasteiger partial charge < -0.3 is 23.7 Å². The Labute approximate surface area is 894 Å². The molecule has 716 valence electrons. The average molecular weight is 1930 g/mol. The van der Waals surface area contributed by atoms with E-state index in [9.17, 15) is 19.2 Å². The Hall–Kier alpha value is -17.3. The summed E-state index contributed by atoms with van der Waals surface area (Å²) < 4.78 is 155. The molecule has 3 aliphatic rings. The fourth-order valence-electron chi connectivity index (χ4n) is 23.1. The second kappa shape index (κ2) is 35.5. The molecule has 0 spiro atoms. The van der Waals surface area contributed by atoms with Crippen LogP contribution in [0.4, 0.5) is 34.1 Å². The van der Waals surface area contributed by atoms with Gasteiger partial charge in [-0.2, -0.15) is 0 Å². The van der Waals surface area contributed by atoms with Crippen molar-refractivity contribution < 1.29 is 23.9 Å². The fraction of sp³-hybridized carbons (Fsp3) is 0.119. The maximum atomic E-state index is 10.7. The number of para-hydroxylation sites is 3. The van der Waals surface area contributed by atoms with E-state index in [0.29, 0.717) is 51.2 Å². The summed E-state index contributed by atoms with van der Waals surface area (Å²) in [5, 5.41) is 0.235. The highest BCUT2D eigenvalue weighted by atomic mass is 16.5. The number of hydrogen-bond acceptors (Lipinski definition) is 3. The number of benzene rings is 21. The molecule has 5 nitrogen and oxygen atoms in total. The van der Waals surface area contributed by atoms with Crippen LogP contribution in [0.3, 0.4) is 0 Å².